The van der Waals surface area contributed by atoms with E-state index in [0.717, 1.165) is 12.3 Å². The number of aliphatic hydroxyl groups excluding tert-OH is 1. The monoisotopic (exact) mass is 222 g/mol. The van der Waals surface area contributed by atoms with Crippen molar-refractivity contribution in [3.63, 3.8) is 0 Å². The van der Waals surface area contributed by atoms with Crippen molar-refractivity contribution in [1.82, 2.24) is 0 Å². The first-order chi connectivity index (χ1) is 7.40. The molecule has 2 fully saturated rings. The van der Waals surface area contributed by atoms with Gasteiger partial charge in [0, 0.05) is 0 Å². The molecule has 2 saturated carbocycles. The van der Waals surface area contributed by atoms with E-state index in [1.807, 2.05) is 0 Å². The summed E-state index contributed by atoms with van der Waals surface area (Å²) in [6, 6.07) is 0. The number of aliphatic hydroxyl groups is 1. The van der Waals surface area contributed by atoms with Gasteiger partial charge >= 0.3 is 0 Å². The zero-order chi connectivity index (χ0) is 12.0. The molecule has 1 nitrogen and oxygen atoms in total. The van der Waals surface area contributed by atoms with E-state index in [9.17, 15) is 5.11 Å². The third-order valence-electron chi connectivity index (χ3n) is 5.68. The van der Waals surface area contributed by atoms with Crippen molar-refractivity contribution in [2.45, 2.75) is 65.9 Å². The molecule has 0 spiro atoms. The number of allylic oxidation sites excluding steroid dienone is 2. The summed E-state index contributed by atoms with van der Waals surface area (Å²) in [5.74, 6) is 0.762. The SMILES string of the molecule is CC(C)=CCC[C@@]1(C)[C@H]2CC[C@]1(C)[C@H](O)C2. The maximum absolute atomic E-state index is 10.2. The Balaban J connectivity index is 2.10. The van der Waals surface area contributed by atoms with Gasteiger partial charge in [0.25, 0.3) is 0 Å². The highest BCUT2D eigenvalue weighted by Crippen LogP contribution is 2.67. The van der Waals surface area contributed by atoms with E-state index < -0.39 is 0 Å². The largest absolute Gasteiger partial charge is 0.393 e. The summed E-state index contributed by atoms with van der Waals surface area (Å²) in [6.45, 7) is 9.07. The number of rotatable bonds is 3. The number of hydrogen-bond acceptors (Lipinski definition) is 1. The Morgan fingerprint density at radius 3 is 2.50 bits per heavy atom. The standard InChI is InChI=1S/C15H26O/c1-11(2)6-5-8-14(3)12-7-9-15(14,4)13(16)10-12/h6,12-13,16H,5,7-10H2,1-4H3/t12-,13+,14-,15+/m0/s1. The van der Waals surface area contributed by atoms with Gasteiger partial charge in [0.15, 0.2) is 0 Å². The van der Waals surface area contributed by atoms with Gasteiger partial charge in [0.1, 0.15) is 0 Å². The molecular formula is C15H26O. The van der Waals surface area contributed by atoms with Crippen LogP contribution >= 0.6 is 0 Å². The third kappa shape index (κ3) is 1.55. The van der Waals surface area contributed by atoms with Crippen LogP contribution in [0.15, 0.2) is 11.6 Å². The van der Waals surface area contributed by atoms with Gasteiger partial charge in [-0.1, -0.05) is 25.5 Å². The van der Waals surface area contributed by atoms with Crippen LogP contribution in [0.2, 0.25) is 0 Å². The van der Waals surface area contributed by atoms with Crippen LogP contribution < -0.4 is 0 Å². The summed E-state index contributed by atoms with van der Waals surface area (Å²) in [4.78, 5) is 0. The molecule has 0 saturated heterocycles. The highest BCUT2D eigenvalue weighted by atomic mass is 16.3. The summed E-state index contributed by atoms with van der Waals surface area (Å²) in [6.07, 6.45) is 8.32. The fourth-order valence-electron chi connectivity index (χ4n) is 4.15. The molecule has 1 heteroatoms. The minimum absolute atomic E-state index is 0.0528. The highest BCUT2D eigenvalue weighted by molar-refractivity contribution is 5.13. The van der Waals surface area contributed by atoms with Crippen molar-refractivity contribution in [2.75, 3.05) is 0 Å². The van der Waals surface area contributed by atoms with E-state index >= 15 is 0 Å². The number of fused-ring (bicyclic) bond motifs is 2. The molecule has 2 aliphatic carbocycles. The quantitative estimate of drug-likeness (QED) is 0.718. The summed E-state index contributed by atoms with van der Waals surface area (Å²) in [7, 11) is 0. The minimum Gasteiger partial charge on any atom is -0.393 e. The van der Waals surface area contributed by atoms with Crippen LogP contribution in [0.5, 0.6) is 0 Å². The third-order valence-corrected chi connectivity index (χ3v) is 5.68. The van der Waals surface area contributed by atoms with Crippen LogP contribution in [0.3, 0.4) is 0 Å². The van der Waals surface area contributed by atoms with Gasteiger partial charge in [-0.25, -0.2) is 0 Å². The van der Waals surface area contributed by atoms with E-state index in [0.29, 0.717) is 5.41 Å². The molecule has 2 rings (SSSR count). The number of hydrogen-bond donors (Lipinski definition) is 1. The normalized spacial score (nSPS) is 46.1. The maximum atomic E-state index is 10.2. The van der Waals surface area contributed by atoms with Gasteiger partial charge in [0.2, 0.25) is 0 Å². The van der Waals surface area contributed by atoms with Crippen LogP contribution in [-0.2, 0) is 0 Å². The van der Waals surface area contributed by atoms with Gasteiger partial charge in [-0.2, -0.15) is 0 Å². The lowest BCUT2D eigenvalue weighted by Gasteiger charge is -2.40. The summed E-state index contributed by atoms with van der Waals surface area (Å²) in [5, 5.41) is 10.2. The van der Waals surface area contributed by atoms with Crippen LogP contribution in [0.4, 0.5) is 0 Å². The maximum Gasteiger partial charge on any atom is 0.0601 e. The topological polar surface area (TPSA) is 20.2 Å². The first-order valence-corrected chi connectivity index (χ1v) is 6.71. The lowest BCUT2D eigenvalue weighted by Crippen LogP contribution is -2.37. The van der Waals surface area contributed by atoms with Gasteiger partial charge < -0.3 is 5.11 Å². The first-order valence-electron chi connectivity index (χ1n) is 6.71. The average Bonchev–Trinajstić information content (AvgIpc) is 2.52. The van der Waals surface area contributed by atoms with Crippen LogP contribution in [-0.4, -0.2) is 11.2 Å². The molecular weight excluding hydrogens is 196 g/mol. The van der Waals surface area contributed by atoms with Crippen LogP contribution in [0, 0.1) is 16.7 Å². The van der Waals surface area contributed by atoms with Crippen molar-refractivity contribution in [3.05, 3.63) is 11.6 Å². The molecule has 0 aromatic rings. The molecule has 0 amide bonds. The van der Waals surface area contributed by atoms with Crippen LogP contribution in [0.1, 0.15) is 59.8 Å². The van der Waals surface area contributed by atoms with Crippen LogP contribution in [0.25, 0.3) is 0 Å². The van der Waals surface area contributed by atoms with Crippen molar-refractivity contribution in [1.29, 1.82) is 0 Å². The molecule has 2 aliphatic rings. The molecule has 16 heavy (non-hydrogen) atoms. The molecule has 0 aliphatic heterocycles. The van der Waals surface area contributed by atoms with E-state index in [4.69, 9.17) is 0 Å². The fourth-order valence-corrected chi connectivity index (χ4v) is 4.15. The molecule has 0 aromatic carbocycles. The average molecular weight is 222 g/mol. The summed E-state index contributed by atoms with van der Waals surface area (Å²) >= 11 is 0. The van der Waals surface area contributed by atoms with Crippen molar-refractivity contribution in [2.24, 2.45) is 16.7 Å². The van der Waals surface area contributed by atoms with Crippen molar-refractivity contribution < 1.29 is 5.11 Å². The smallest absolute Gasteiger partial charge is 0.0601 e. The molecule has 2 bridgehead atoms. The zero-order valence-corrected chi connectivity index (χ0v) is 11.2. The Labute approximate surface area is 99.9 Å². The second-order valence-electron chi connectivity index (χ2n) is 6.64. The van der Waals surface area contributed by atoms with Crippen molar-refractivity contribution in [3.8, 4) is 0 Å². The van der Waals surface area contributed by atoms with Gasteiger partial charge in [-0.05, 0) is 62.7 Å². The predicted molar refractivity (Wildman–Crippen MR) is 68.2 cm³/mol. The Morgan fingerprint density at radius 2 is 2.06 bits per heavy atom. The Hall–Kier alpha value is -0.300. The van der Waals surface area contributed by atoms with Gasteiger partial charge in [-0.15, -0.1) is 0 Å². The summed E-state index contributed by atoms with van der Waals surface area (Å²) < 4.78 is 0. The molecule has 0 radical (unpaired) electrons. The predicted octanol–water partition coefficient (Wildman–Crippen LogP) is 3.92. The molecule has 0 aromatic heterocycles. The molecule has 4 atom stereocenters. The second-order valence-corrected chi connectivity index (χ2v) is 6.64. The highest BCUT2D eigenvalue weighted by Gasteiger charge is 2.62. The Bertz CT molecular complexity index is 303. The fraction of sp³-hybridized carbons (Fsp3) is 0.867. The minimum atomic E-state index is -0.0528. The van der Waals surface area contributed by atoms with E-state index in [1.54, 1.807) is 0 Å². The molecule has 92 valence electrons. The second kappa shape index (κ2) is 3.87. The summed E-state index contributed by atoms with van der Waals surface area (Å²) in [5.41, 5.74) is 1.98. The van der Waals surface area contributed by atoms with E-state index in [-0.39, 0.29) is 11.5 Å². The van der Waals surface area contributed by atoms with Gasteiger partial charge in [-0.3, -0.25) is 0 Å². The van der Waals surface area contributed by atoms with Gasteiger partial charge in [0.05, 0.1) is 6.10 Å². The molecule has 0 heterocycles. The molecule has 1 N–H and O–H groups in total. The Morgan fingerprint density at radius 1 is 1.38 bits per heavy atom. The van der Waals surface area contributed by atoms with E-state index in [1.165, 1.54) is 31.3 Å². The zero-order valence-electron chi connectivity index (χ0n) is 11.2. The van der Waals surface area contributed by atoms with Crippen molar-refractivity contribution >= 4 is 0 Å². The Kier molecular flexibility index (Phi) is 2.94. The van der Waals surface area contributed by atoms with E-state index in [2.05, 4.69) is 33.8 Å². The molecule has 0 unspecified atom stereocenters. The first kappa shape index (κ1) is 12.2. The lowest BCUT2D eigenvalue weighted by molar-refractivity contribution is 0.00200. The lowest BCUT2D eigenvalue weighted by atomic mass is 9.66.